The number of nitrogen functional groups attached to an aromatic ring is 1. The van der Waals surface area contributed by atoms with Crippen molar-refractivity contribution in [2.45, 2.75) is 63.7 Å². The first-order chi connectivity index (χ1) is 17.4. The molecule has 1 aliphatic rings. The molecule has 0 bridgehead atoms. The molecule has 186 valence electrons. The molecule has 2 N–H and O–H groups in total. The molecule has 0 aliphatic heterocycles. The number of ether oxygens (including phenoxy) is 1. The molecule has 3 aromatic carbocycles. The third-order valence-electron chi connectivity index (χ3n) is 7.41. The molecule has 1 heterocycles. The molecule has 4 aromatic rings. The molecule has 0 radical (unpaired) electrons. The fraction of sp³-hybridized carbons (Fsp3) is 0.323. The molecular formula is C31H36N2O2Si. The van der Waals surface area contributed by atoms with E-state index in [0.717, 1.165) is 42.3 Å². The second kappa shape index (κ2) is 10.1. The lowest BCUT2D eigenvalue weighted by Gasteiger charge is -2.46. The summed E-state index contributed by atoms with van der Waals surface area (Å²) in [7, 11) is -2.54. The van der Waals surface area contributed by atoms with Crippen LogP contribution in [-0.4, -0.2) is 25.5 Å². The summed E-state index contributed by atoms with van der Waals surface area (Å²) >= 11 is 0. The second-order valence-electron chi connectivity index (χ2n) is 10.9. The smallest absolute Gasteiger partial charge is 0.261 e. The zero-order valence-corrected chi connectivity index (χ0v) is 22.5. The van der Waals surface area contributed by atoms with Crippen LogP contribution in [0.15, 0.2) is 91.1 Å². The van der Waals surface area contributed by atoms with Crippen LogP contribution in [-0.2, 0) is 4.43 Å². The Kier molecular flexibility index (Phi) is 6.87. The molecule has 1 saturated carbocycles. The first kappa shape index (κ1) is 24.5. The Hall–Kier alpha value is -3.15. The van der Waals surface area contributed by atoms with Crippen molar-refractivity contribution in [1.82, 2.24) is 4.98 Å². The molecular weight excluding hydrogens is 460 g/mol. The van der Waals surface area contributed by atoms with Crippen molar-refractivity contribution in [2.24, 2.45) is 0 Å². The van der Waals surface area contributed by atoms with Crippen LogP contribution < -0.4 is 20.8 Å². The Bertz CT molecular complexity index is 1260. The van der Waals surface area contributed by atoms with Crippen LogP contribution >= 0.6 is 0 Å². The topological polar surface area (TPSA) is 57.4 Å². The van der Waals surface area contributed by atoms with Crippen LogP contribution in [0.4, 0.5) is 5.69 Å². The minimum absolute atomic E-state index is 0.0183. The largest absolute Gasteiger partial charge is 0.488 e. The molecule has 0 saturated heterocycles. The molecule has 5 rings (SSSR count). The van der Waals surface area contributed by atoms with Gasteiger partial charge in [0.05, 0.1) is 17.3 Å². The van der Waals surface area contributed by atoms with E-state index >= 15 is 0 Å². The standard InChI is InChI=1S/C31H36N2O2Si/c1-31(2,3)36(26-12-6-4-7-13-26,27-14-8-5-9-15-27)35-25-18-16-24(17-19-25)34-30-22-29-23(21-28(30)32)11-10-20-33-29/h4-15,20-22,24-25H,16-19,32H2,1-3H3. The Labute approximate surface area is 215 Å². The maximum absolute atomic E-state index is 7.34. The highest BCUT2D eigenvalue weighted by Crippen LogP contribution is 2.40. The van der Waals surface area contributed by atoms with Gasteiger partial charge in [0.15, 0.2) is 0 Å². The van der Waals surface area contributed by atoms with E-state index in [1.54, 1.807) is 6.20 Å². The van der Waals surface area contributed by atoms with Gasteiger partial charge in [0.25, 0.3) is 8.32 Å². The van der Waals surface area contributed by atoms with Gasteiger partial charge < -0.3 is 14.9 Å². The van der Waals surface area contributed by atoms with E-state index < -0.39 is 8.32 Å². The number of fused-ring (bicyclic) bond motifs is 1. The SMILES string of the molecule is CC(C)(C)[Si](OC1CCC(Oc2cc3ncccc3cc2N)CC1)(c1ccccc1)c1ccccc1. The van der Waals surface area contributed by atoms with E-state index in [0.29, 0.717) is 5.69 Å². The van der Waals surface area contributed by atoms with Crippen LogP contribution in [0.5, 0.6) is 5.75 Å². The number of hydrogen-bond acceptors (Lipinski definition) is 4. The average molecular weight is 497 g/mol. The fourth-order valence-electron chi connectivity index (χ4n) is 5.61. The van der Waals surface area contributed by atoms with Crippen molar-refractivity contribution < 1.29 is 9.16 Å². The van der Waals surface area contributed by atoms with Crippen molar-refractivity contribution in [1.29, 1.82) is 0 Å². The van der Waals surface area contributed by atoms with Gasteiger partial charge in [-0.3, -0.25) is 4.98 Å². The Balaban J connectivity index is 1.36. The molecule has 36 heavy (non-hydrogen) atoms. The van der Waals surface area contributed by atoms with Gasteiger partial charge >= 0.3 is 0 Å². The summed E-state index contributed by atoms with van der Waals surface area (Å²) in [5.74, 6) is 0.734. The lowest BCUT2D eigenvalue weighted by molar-refractivity contribution is 0.0755. The summed E-state index contributed by atoms with van der Waals surface area (Å²) in [6.07, 6.45) is 5.97. The zero-order valence-electron chi connectivity index (χ0n) is 21.5. The quantitative estimate of drug-likeness (QED) is 0.259. The lowest BCUT2D eigenvalue weighted by atomic mass is 9.95. The highest BCUT2D eigenvalue weighted by atomic mass is 28.4. The summed E-state index contributed by atoms with van der Waals surface area (Å²) in [6, 6.07) is 29.7. The van der Waals surface area contributed by atoms with Gasteiger partial charge in [-0.15, -0.1) is 0 Å². The average Bonchev–Trinajstić information content (AvgIpc) is 2.89. The van der Waals surface area contributed by atoms with Gasteiger partial charge in [-0.25, -0.2) is 0 Å². The van der Waals surface area contributed by atoms with E-state index in [1.165, 1.54) is 10.4 Å². The highest BCUT2D eigenvalue weighted by Gasteiger charge is 2.51. The molecule has 4 nitrogen and oxygen atoms in total. The van der Waals surface area contributed by atoms with E-state index in [4.69, 9.17) is 14.9 Å². The third-order valence-corrected chi connectivity index (χ3v) is 12.5. The minimum Gasteiger partial charge on any atom is -0.488 e. The van der Waals surface area contributed by atoms with Crippen LogP contribution in [0.1, 0.15) is 46.5 Å². The van der Waals surface area contributed by atoms with E-state index in [1.807, 2.05) is 24.3 Å². The number of nitrogens with two attached hydrogens (primary N) is 1. The highest BCUT2D eigenvalue weighted by molar-refractivity contribution is 6.99. The Morgan fingerprint density at radius 1 is 0.778 bits per heavy atom. The van der Waals surface area contributed by atoms with Crippen molar-refractivity contribution in [3.8, 4) is 5.75 Å². The van der Waals surface area contributed by atoms with Gasteiger partial charge in [0.2, 0.25) is 0 Å². The monoisotopic (exact) mass is 496 g/mol. The normalized spacial score (nSPS) is 18.8. The van der Waals surface area contributed by atoms with Crippen LogP contribution in [0, 0.1) is 0 Å². The van der Waals surface area contributed by atoms with Crippen molar-refractivity contribution in [2.75, 3.05) is 5.73 Å². The predicted octanol–water partition coefficient (Wildman–Crippen LogP) is 6.08. The minimum atomic E-state index is -2.54. The predicted molar refractivity (Wildman–Crippen MR) is 152 cm³/mol. The van der Waals surface area contributed by atoms with E-state index in [2.05, 4.69) is 86.4 Å². The first-order valence-electron chi connectivity index (χ1n) is 13.0. The second-order valence-corrected chi connectivity index (χ2v) is 15.1. The number of anilines is 1. The maximum Gasteiger partial charge on any atom is 0.261 e. The number of benzene rings is 3. The van der Waals surface area contributed by atoms with Gasteiger partial charge in [-0.1, -0.05) is 87.5 Å². The third kappa shape index (κ3) is 4.78. The maximum atomic E-state index is 7.34. The van der Waals surface area contributed by atoms with Crippen LogP contribution in [0.25, 0.3) is 10.9 Å². The number of pyridine rings is 1. The lowest BCUT2D eigenvalue weighted by Crippen LogP contribution is -2.67. The Morgan fingerprint density at radius 3 is 1.94 bits per heavy atom. The summed E-state index contributed by atoms with van der Waals surface area (Å²) in [4.78, 5) is 4.46. The molecule has 5 heteroatoms. The fourth-order valence-corrected chi connectivity index (χ4v) is 10.4. The summed E-state index contributed by atoms with van der Waals surface area (Å²) in [6.45, 7) is 7.01. The number of hydrogen-bond donors (Lipinski definition) is 1. The van der Waals surface area contributed by atoms with E-state index in [-0.39, 0.29) is 17.2 Å². The number of aromatic nitrogens is 1. The summed E-state index contributed by atoms with van der Waals surface area (Å²) in [5.41, 5.74) is 7.89. The molecule has 1 aliphatic carbocycles. The zero-order chi connectivity index (χ0) is 25.2. The first-order valence-corrected chi connectivity index (χ1v) is 14.9. The number of rotatable bonds is 6. The van der Waals surface area contributed by atoms with Gasteiger partial charge in [-0.05, 0) is 53.2 Å². The Morgan fingerprint density at radius 2 is 1.36 bits per heavy atom. The molecule has 0 spiro atoms. The molecule has 0 amide bonds. The van der Waals surface area contributed by atoms with Crippen molar-refractivity contribution in [3.63, 3.8) is 0 Å². The van der Waals surface area contributed by atoms with Gasteiger partial charge in [0.1, 0.15) is 5.75 Å². The number of nitrogens with zero attached hydrogens (tertiary/aromatic N) is 1. The molecule has 1 fully saturated rings. The van der Waals surface area contributed by atoms with Crippen molar-refractivity contribution in [3.05, 3.63) is 91.1 Å². The van der Waals surface area contributed by atoms with Crippen molar-refractivity contribution >= 4 is 35.3 Å². The molecule has 0 atom stereocenters. The summed E-state index contributed by atoms with van der Waals surface area (Å²) in [5, 5.41) is 3.68. The van der Waals surface area contributed by atoms with Gasteiger partial charge in [-0.2, -0.15) is 0 Å². The van der Waals surface area contributed by atoms with Crippen LogP contribution in [0.2, 0.25) is 5.04 Å². The molecule has 0 unspecified atom stereocenters. The van der Waals surface area contributed by atoms with E-state index in [9.17, 15) is 0 Å². The summed E-state index contributed by atoms with van der Waals surface area (Å²) < 4.78 is 13.7. The van der Waals surface area contributed by atoms with Crippen LogP contribution in [0.3, 0.4) is 0 Å². The van der Waals surface area contributed by atoms with Gasteiger partial charge in [0, 0.05) is 23.8 Å². The molecule has 1 aromatic heterocycles.